The predicted octanol–water partition coefficient (Wildman–Crippen LogP) is -1.82. The summed E-state index contributed by atoms with van der Waals surface area (Å²) in [6.07, 6.45) is 0. The highest BCUT2D eigenvalue weighted by Crippen LogP contribution is 2.21. The third kappa shape index (κ3) is 1.67. The third-order valence-corrected chi connectivity index (χ3v) is 2.55. The Labute approximate surface area is 93.3 Å². The summed E-state index contributed by atoms with van der Waals surface area (Å²) in [5.41, 5.74) is 10.3. The van der Waals surface area contributed by atoms with Crippen molar-refractivity contribution in [3.05, 3.63) is 11.5 Å². The van der Waals surface area contributed by atoms with Gasteiger partial charge >= 0.3 is 23.3 Å². The van der Waals surface area contributed by atoms with E-state index in [-0.39, 0.29) is 5.82 Å². The first-order chi connectivity index (χ1) is 7.21. The lowest BCUT2D eigenvalue weighted by Gasteiger charge is -2.31. The molecule has 0 saturated heterocycles. The van der Waals surface area contributed by atoms with Crippen LogP contribution in [0.4, 0.5) is 4.79 Å². The van der Waals surface area contributed by atoms with E-state index in [1.165, 1.54) is 7.05 Å². The Morgan fingerprint density at radius 2 is 1.94 bits per heavy atom. The lowest BCUT2D eigenvalue weighted by atomic mass is 10.3. The smallest absolute Gasteiger partial charge is 0.388 e. The van der Waals surface area contributed by atoms with Crippen molar-refractivity contribution in [1.29, 1.82) is 0 Å². The minimum atomic E-state index is -2.80. The average Bonchev–Trinajstić information content (AvgIpc) is 2.21. The number of carbonyl (C=O) groups excluding carboxylic acids is 2. The Balaban J connectivity index is 3.28. The molecule has 0 bridgehead atoms. The zero-order chi connectivity index (χ0) is 12.7. The first-order valence-electron chi connectivity index (χ1n) is 3.97. The summed E-state index contributed by atoms with van der Waals surface area (Å²) in [5.74, 6) is -1.22. The van der Waals surface area contributed by atoms with E-state index in [9.17, 15) is 13.8 Å². The highest BCUT2D eigenvalue weighted by Gasteiger charge is 2.54. The van der Waals surface area contributed by atoms with E-state index in [0.29, 0.717) is 0 Å². The van der Waals surface area contributed by atoms with Gasteiger partial charge in [0.15, 0.2) is 5.70 Å². The number of rotatable bonds is 2. The second kappa shape index (κ2) is 3.83. The van der Waals surface area contributed by atoms with Crippen LogP contribution in [0.15, 0.2) is 11.5 Å². The third-order valence-electron chi connectivity index (χ3n) is 2.12. The van der Waals surface area contributed by atoms with Crippen LogP contribution in [0, 0.1) is 0 Å². The molecule has 0 spiro atoms. The van der Waals surface area contributed by atoms with Gasteiger partial charge in [0.25, 0.3) is 0 Å². The lowest BCUT2D eigenvalue weighted by Crippen LogP contribution is -2.63. The van der Waals surface area contributed by atoms with Crippen molar-refractivity contribution in [2.75, 3.05) is 14.1 Å². The Morgan fingerprint density at radius 1 is 1.44 bits per heavy atom. The first kappa shape index (κ1) is 12.6. The monoisotopic (exact) mass is 251 g/mol. The fraction of sp³-hybridized carbons (Fsp3) is 0.333. The van der Waals surface area contributed by atoms with Crippen LogP contribution >= 0.6 is 0 Å². The molecular weight excluding hydrogens is 240 g/mol. The van der Waals surface area contributed by atoms with Crippen LogP contribution in [0.2, 0.25) is 0 Å². The largest absolute Gasteiger partial charge is 0.466 e. The topological polar surface area (TPSA) is 136 Å². The van der Waals surface area contributed by atoms with Gasteiger partial charge in [0.2, 0.25) is 0 Å². The number of hydroxylamine groups is 3. The van der Waals surface area contributed by atoms with E-state index in [2.05, 4.69) is 4.28 Å². The molecule has 0 aromatic carbocycles. The molecule has 90 valence electrons. The van der Waals surface area contributed by atoms with Gasteiger partial charge < -0.3 is 11.5 Å². The number of carbonyl (C=O) groups is 2. The molecule has 1 heterocycles. The van der Waals surface area contributed by atoms with Crippen LogP contribution in [-0.4, -0.2) is 44.3 Å². The molecule has 0 aliphatic carbocycles. The van der Waals surface area contributed by atoms with E-state index in [0.717, 1.165) is 11.9 Å². The van der Waals surface area contributed by atoms with Crippen LogP contribution in [0.1, 0.15) is 0 Å². The number of urea groups is 1. The van der Waals surface area contributed by atoms with Gasteiger partial charge in [-0.25, -0.2) is 14.5 Å². The summed E-state index contributed by atoms with van der Waals surface area (Å²) in [7, 11) is 2.26. The molecule has 0 fully saturated rings. The second-order valence-corrected chi connectivity index (χ2v) is 3.74. The number of quaternary nitrogens is 1. The molecule has 0 saturated carbocycles. The molecule has 2 unspecified atom stereocenters. The maximum atomic E-state index is 11.7. The summed E-state index contributed by atoms with van der Waals surface area (Å²) in [6.45, 7) is 0. The van der Waals surface area contributed by atoms with Crippen molar-refractivity contribution in [1.82, 2.24) is 4.90 Å². The molecule has 1 aliphatic rings. The van der Waals surface area contributed by atoms with Gasteiger partial charge in [0.05, 0.1) is 0 Å². The maximum Gasteiger partial charge on any atom is 0.466 e. The molecule has 9 nitrogen and oxygen atoms in total. The van der Waals surface area contributed by atoms with E-state index in [1.807, 2.05) is 0 Å². The van der Waals surface area contributed by atoms with Crippen molar-refractivity contribution in [3.63, 3.8) is 0 Å². The minimum absolute atomic E-state index is 0.224. The van der Waals surface area contributed by atoms with E-state index in [4.69, 9.17) is 16.0 Å². The molecule has 0 radical (unpaired) electrons. The summed E-state index contributed by atoms with van der Waals surface area (Å²) in [4.78, 5) is 24.2. The quantitative estimate of drug-likeness (QED) is 0.388. The van der Waals surface area contributed by atoms with Crippen LogP contribution in [0.25, 0.3) is 0 Å². The van der Waals surface area contributed by atoms with Gasteiger partial charge in [-0.05, 0) is 4.65 Å². The number of hydrogen-bond acceptors (Lipinski definition) is 6. The Bertz CT molecular complexity index is 421. The average molecular weight is 251 g/mol. The summed E-state index contributed by atoms with van der Waals surface area (Å²) in [5, 5.41) is 0. The van der Waals surface area contributed by atoms with Crippen LogP contribution in [0.3, 0.4) is 0 Å². The Kier molecular flexibility index (Phi) is 3.01. The molecule has 5 N–H and O–H groups in total. The van der Waals surface area contributed by atoms with Crippen LogP contribution in [-0.2, 0) is 20.4 Å². The fourth-order valence-corrected chi connectivity index (χ4v) is 1.58. The molecule has 16 heavy (non-hydrogen) atoms. The normalized spacial score (nSPS) is 28.6. The van der Waals surface area contributed by atoms with E-state index < -0.39 is 33.6 Å². The van der Waals surface area contributed by atoms with Crippen LogP contribution < -0.4 is 11.5 Å². The lowest BCUT2D eigenvalue weighted by molar-refractivity contribution is -0.932. The molecule has 0 aromatic rings. The highest BCUT2D eigenvalue weighted by molar-refractivity contribution is 7.74. The van der Waals surface area contributed by atoms with Crippen molar-refractivity contribution in [2.24, 2.45) is 11.5 Å². The summed E-state index contributed by atoms with van der Waals surface area (Å²) < 4.78 is 22.0. The molecule has 1 aliphatic heterocycles. The van der Waals surface area contributed by atoms with Crippen molar-refractivity contribution in [2.45, 2.75) is 0 Å². The van der Waals surface area contributed by atoms with Gasteiger partial charge in [-0.3, -0.25) is 4.55 Å². The molecule has 3 amide bonds. The molecule has 0 aromatic heterocycles. The van der Waals surface area contributed by atoms with E-state index in [1.54, 1.807) is 0 Å². The molecule has 2 atom stereocenters. The van der Waals surface area contributed by atoms with Gasteiger partial charge in [-0.2, -0.15) is 4.21 Å². The summed E-state index contributed by atoms with van der Waals surface area (Å²) in [6, 6.07) is -0.918. The molecule has 1 rings (SSSR count). The Hall–Kier alpha value is -1.49. The zero-order valence-electron chi connectivity index (χ0n) is 8.54. The predicted molar refractivity (Wildman–Crippen MR) is 51.6 cm³/mol. The highest BCUT2D eigenvalue weighted by atomic mass is 32.2. The maximum absolute atomic E-state index is 11.7. The van der Waals surface area contributed by atoms with E-state index >= 15 is 0 Å². The number of amides is 3. The SMILES string of the molecule is CN1C(=O)[N+](C)(OS(=O)O)C(=O)C(N)=C1N. The van der Waals surface area contributed by atoms with Crippen molar-refractivity contribution in [3.8, 4) is 0 Å². The summed E-state index contributed by atoms with van der Waals surface area (Å²) >= 11 is -2.80. The van der Waals surface area contributed by atoms with Crippen molar-refractivity contribution < 1.29 is 27.3 Å². The molecule has 10 heteroatoms. The molecular formula is C6H11N4O5S+. The fourth-order valence-electron chi connectivity index (χ4n) is 1.19. The zero-order valence-corrected chi connectivity index (χ0v) is 9.35. The Morgan fingerprint density at radius 3 is 2.38 bits per heavy atom. The number of imide groups is 1. The van der Waals surface area contributed by atoms with Crippen molar-refractivity contribution >= 4 is 23.3 Å². The number of likely N-dealkylation sites (N-methyl/N-ethyl adjacent to an activating group) is 1. The van der Waals surface area contributed by atoms with Gasteiger partial charge in [0, 0.05) is 7.05 Å². The minimum Gasteiger partial charge on any atom is -0.388 e. The number of nitrogens with two attached hydrogens (primary N) is 2. The first-order valence-corrected chi connectivity index (χ1v) is 5.00. The van der Waals surface area contributed by atoms with Gasteiger partial charge in [-0.1, -0.05) is 4.28 Å². The van der Waals surface area contributed by atoms with Gasteiger partial charge in [0.1, 0.15) is 12.9 Å². The standard InChI is InChI=1S/C6H10N4O5S/c1-9-4(8)3(7)5(11)10(2,6(9)12)15-16(13)14/h7H2,1-2H3,(H2-,8,11,13,14)/p+1. The second-order valence-electron chi connectivity index (χ2n) is 3.16. The van der Waals surface area contributed by atoms with Gasteiger partial charge in [-0.15, -0.1) is 0 Å². The van der Waals surface area contributed by atoms with Crippen LogP contribution in [0.5, 0.6) is 0 Å². The number of hydrogen-bond donors (Lipinski definition) is 3. The number of nitrogens with zero attached hydrogens (tertiary/aromatic N) is 2.